The normalized spacial score (nSPS) is 8.80. The average Bonchev–Trinajstić information content (AvgIpc) is 1.95. The van der Waals surface area contributed by atoms with Crippen molar-refractivity contribution in [2.24, 2.45) is 0 Å². The van der Waals surface area contributed by atoms with Gasteiger partial charge in [-0.15, -0.1) is 0 Å². The smallest absolute Gasteiger partial charge is 0.207 e. The second-order valence-electron chi connectivity index (χ2n) is 1.94. The molecule has 0 spiro atoms. The van der Waals surface area contributed by atoms with Crippen LogP contribution in [0.3, 0.4) is 0 Å². The maximum absolute atomic E-state index is 10.8. The van der Waals surface area contributed by atoms with Crippen molar-refractivity contribution in [2.75, 3.05) is 0 Å². The van der Waals surface area contributed by atoms with E-state index in [-0.39, 0.29) is 0 Å². The van der Waals surface area contributed by atoms with Crippen molar-refractivity contribution in [3.05, 3.63) is 34.8 Å². The number of nitrogens with zero attached hydrogens (tertiary/aromatic N) is 2. The van der Waals surface area contributed by atoms with Gasteiger partial charge in [-0.25, -0.2) is 0 Å². The van der Waals surface area contributed by atoms with Crippen LogP contribution >= 0.6 is 0 Å². The predicted octanol–water partition coefficient (Wildman–Crippen LogP) is 0.500. The van der Waals surface area contributed by atoms with Gasteiger partial charge in [-0.3, -0.25) is 0 Å². The van der Waals surface area contributed by atoms with E-state index in [4.69, 9.17) is 5.26 Å². The number of rotatable bonds is 0. The van der Waals surface area contributed by atoms with Gasteiger partial charge in [0.2, 0.25) is 5.69 Å². The van der Waals surface area contributed by atoms with E-state index in [2.05, 4.69) is 0 Å². The zero-order valence-electron chi connectivity index (χ0n) is 5.53. The Hall–Kier alpha value is -1.56. The molecule has 50 valence electrons. The Morgan fingerprint density at radius 1 is 1.70 bits per heavy atom. The number of aromatic nitrogens is 1. The van der Waals surface area contributed by atoms with Gasteiger partial charge in [0.15, 0.2) is 6.20 Å². The van der Waals surface area contributed by atoms with Crippen molar-refractivity contribution >= 4 is 0 Å². The molecule has 0 radical (unpaired) electrons. The van der Waals surface area contributed by atoms with Gasteiger partial charge in [-0.1, -0.05) is 0 Å². The first-order chi connectivity index (χ1) is 4.75. The molecule has 0 bridgehead atoms. The van der Waals surface area contributed by atoms with Crippen LogP contribution in [0.25, 0.3) is 0 Å². The molecule has 0 saturated carbocycles. The van der Waals surface area contributed by atoms with Crippen molar-refractivity contribution in [3.8, 4) is 6.07 Å². The van der Waals surface area contributed by atoms with E-state index in [1.807, 2.05) is 6.07 Å². The van der Waals surface area contributed by atoms with E-state index >= 15 is 0 Å². The second-order valence-corrected chi connectivity index (χ2v) is 1.94. The molecule has 0 aromatic carbocycles. The maximum Gasteiger partial charge on any atom is 0.207 e. The average molecular weight is 134 g/mol. The fraction of sp³-hybridized carbons (Fsp3) is 0.143. The molecule has 1 aromatic rings. The Morgan fingerprint density at radius 3 is 2.90 bits per heavy atom. The summed E-state index contributed by atoms with van der Waals surface area (Å²) in [7, 11) is 0. The Morgan fingerprint density at radius 2 is 2.40 bits per heavy atom. The molecular formula is C7H6N2O. The molecular weight excluding hydrogens is 128 g/mol. The molecule has 0 saturated heterocycles. The van der Waals surface area contributed by atoms with Crippen LogP contribution in [-0.4, -0.2) is 0 Å². The summed E-state index contributed by atoms with van der Waals surface area (Å²) in [5.74, 6) is 0. The third-order valence-electron chi connectivity index (χ3n) is 1.33. The topological polar surface area (TPSA) is 50.7 Å². The summed E-state index contributed by atoms with van der Waals surface area (Å²) in [4.78, 5) is 0. The minimum absolute atomic E-state index is 0.428. The van der Waals surface area contributed by atoms with Crippen molar-refractivity contribution < 1.29 is 4.73 Å². The summed E-state index contributed by atoms with van der Waals surface area (Å²) in [6.07, 6.45) is 1.37. The van der Waals surface area contributed by atoms with Crippen molar-refractivity contribution in [1.29, 1.82) is 5.26 Å². The quantitative estimate of drug-likeness (QED) is 0.383. The van der Waals surface area contributed by atoms with Gasteiger partial charge in [-0.2, -0.15) is 9.99 Å². The summed E-state index contributed by atoms with van der Waals surface area (Å²) >= 11 is 0. The molecule has 1 aromatic heterocycles. The van der Waals surface area contributed by atoms with Gasteiger partial charge >= 0.3 is 0 Å². The molecule has 0 amide bonds. The lowest BCUT2D eigenvalue weighted by Gasteiger charge is -1.98. The summed E-state index contributed by atoms with van der Waals surface area (Å²) in [5.41, 5.74) is 0.877. The Bertz CT molecular complexity index is 288. The van der Waals surface area contributed by atoms with E-state index in [1.54, 1.807) is 19.1 Å². The Labute approximate surface area is 58.7 Å². The minimum Gasteiger partial charge on any atom is -0.618 e. The molecule has 1 heterocycles. The van der Waals surface area contributed by atoms with E-state index in [0.29, 0.717) is 16.0 Å². The number of hydrogen-bond acceptors (Lipinski definition) is 2. The van der Waals surface area contributed by atoms with Crippen LogP contribution in [0, 0.1) is 23.5 Å². The predicted molar refractivity (Wildman–Crippen MR) is 34.9 cm³/mol. The standard InChI is InChI=1S/C7H6N2O/c1-6-7(5-8)3-2-4-9(6)10/h2-4H,1H3. The fourth-order valence-corrected chi connectivity index (χ4v) is 0.687. The van der Waals surface area contributed by atoms with Gasteiger partial charge < -0.3 is 5.21 Å². The molecule has 0 aliphatic carbocycles. The molecule has 0 fully saturated rings. The number of nitriles is 1. The molecule has 3 heteroatoms. The highest BCUT2D eigenvalue weighted by molar-refractivity contribution is 5.28. The zero-order valence-corrected chi connectivity index (χ0v) is 5.53. The van der Waals surface area contributed by atoms with Crippen molar-refractivity contribution in [1.82, 2.24) is 0 Å². The van der Waals surface area contributed by atoms with Crippen LogP contribution in [0.15, 0.2) is 18.3 Å². The third-order valence-corrected chi connectivity index (χ3v) is 1.33. The van der Waals surface area contributed by atoms with Gasteiger partial charge in [0.25, 0.3) is 0 Å². The lowest BCUT2D eigenvalue weighted by molar-refractivity contribution is -0.612. The van der Waals surface area contributed by atoms with Gasteiger partial charge in [0.1, 0.15) is 11.6 Å². The first-order valence-corrected chi connectivity index (χ1v) is 2.84. The molecule has 0 atom stereocenters. The molecule has 0 aliphatic rings. The van der Waals surface area contributed by atoms with Crippen LogP contribution in [0.2, 0.25) is 0 Å². The lowest BCUT2D eigenvalue weighted by Crippen LogP contribution is -2.29. The Balaban J connectivity index is 3.31. The monoisotopic (exact) mass is 134 g/mol. The van der Waals surface area contributed by atoms with Crippen LogP contribution in [0.4, 0.5) is 0 Å². The maximum atomic E-state index is 10.8. The lowest BCUT2D eigenvalue weighted by atomic mass is 10.2. The van der Waals surface area contributed by atoms with E-state index in [0.717, 1.165) is 0 Å². The van der Waals surface area contributed by atoms with E-state index in [1.165, 1.54) is 6.20 Å². The van der Waals surface area contributed by atoms with Crippen LogP contribution < -0.4 is 4.73 Å². The zero-order chi connectivity index (χ0) is 7.56. The van der Waals surface area contributed by atoms with Crippen LogP contribution in [0.5, 0.6) is 0 Å². The highest BCUT2D eigenvalue weighted by Crippen LogP contribution is 1.97. The Kier molecular flexibility index (Phi) is 1.55. The van der Waals surface area contributed by atoms with Crippen molar-refractivity contribution in [2.45, 2.75) is 6.92 Å². The number of pyridine rings is 1. The molecule has 0 aliphatic heterocycles. The van der Waals surface area contributed by atoms with Gasteiger partial charge in [0, 0.05) is 13.0 Å². The highest BCUT2D eigenvalue weighted by atomic mass is 16.5. The van der Waals surface area contributed by atoms with Crippen molar-refractivity contribution in [3.63, 3.8) is 0 Å². The third kappa shape index (κ3) is 0.914. The largest absolute Gasteiger partial charge is 0.618 e. The van der Waals surface area contributed by atoms with E-state index in [9.17, 15) is 5.21 Å². The molecule has 3 nitrogen and oxygen atoms in total. The van der Waals surface area contributed by atoms with Crippen LogP contribution in [-0.2, 0) is 0 Å². The molecule has 0 unspecified atom stereocenters. The first-order valence-electron chi connectivity index (χ1n) is 2.84. The van der Waals surface area contributed by atoms with Gasteiger partial charge in [0.05, 0.1) is 0 Å². The summed E-state index contributed by atoms with van der Waals surface area (Å²) in [6.45, 7) is 1.62. The second kappa shape index (κ2) is 2.36. The van der Waals surface area contributed by atoms with Crippen LogP contribution in [0.1, 0.15) is 11.3 Å². The van der Waals surface area contributed by atoms with E-state index < -0.39 is 0 Å². The summed E-state index contributed by atoms with van der Waals surface area (Å²) in [6, 6.07) is 5.08. The first kappa shape index (κ1) is 6.56. The minimum atomic E-state index is 0.428. The fourth-order valence-electron chi connectivity index (χ4n) is 0.687. The molecule has 1 rings (SSSR count). The van der Waals surface area contributed by atoms with Gasteiger partial charge in [-0.05, 0) is 6.07 Å². The highest BCUT2D eigenvalue weighted by Gasteiger charge is 2.02. The summed E-state index contributed by atoms with van der Waals surface area (Å²) in [5, 5.41) is 19.2. The number of hydrogen-bond donors (Lipinski definition) is 0. The molecule has 10 heavy (non-hydrogen) atoms. The summed E-state index contributed by atoms with van der Waals surface area (Å²) < 4.78 is 0.679. The SMILES string of the molecule is Cc1c(C#N)ccc[n+]1[O-]. The molecule has 0 N–H and O–H groups in total.